The fourth-order valence-corrected chi connectivity index (χ4v) is 3.55. The number of carbonyl (C=O) groups excluding carboxylic acids is 2. The first-order valence-electron chi connectivity index (χ1n) is 10.6. The number of para-hydroxylation sites is 2. The van der Waals surface area contributed by atoms with Crippen LogP contribution in [0.5, 0.6) is 11.5 Å². The molecular formula is C24H30N2O4. The number of hydrogen-bond acceptors (Lipinski definition) is 5. The minimum Gasteiger partial charge on any atom is -0.494 e. The summed E-state index contributed by atoms with van der Waals surface area (Å²) in [6.45, 7) is 7.67. The Bertz CT molecular complexity index is 843. The van der Waals surface area contributed by atoms with Gasteiger partial charge in [0.1, 0.15) is 11.5 Å². The predicted octanol–water partition coefficient (Wildman–Crippen LogP) is 3.80. The predicted molar refractivity (Wildman–Crippen MR) is 118 cm³/mol. The summed E-state index contributed by atoms with van der Waals surface area (Å²) in [6.07, 6.45) is 1.14. The van der Waals surface area contributed by atoms with Gasteiger partial charge in [-0.3, -0.25) is 9.59 Å². The smallest absolute Gasteiger partial charge is 0.222 e. The number of carbonyl (C=O) groups is 2. The van der Waals surface area contributed by atoms with E-state index in [0.29, 0.717) is 50.5 Å². The van der Waals surface area contributed by atoms with Crippen LogP contribution in [0.2, 0.25) is 0 Å². The van der Waals surface area contributed by atoms with Crippen LogP contribution < -0.4 is 14.4 Å². The van der Waals surface area contributed by atoms with Gasteiger partial charge in [0.15, 0.2) is 5.78 Å². The van der Waals surface area contributed by atoms with E-state index in [9.17, 15) is 9.59 Å². The molecule has 0 unspecified atom stereocenters. The van der Waals surface area contributed by atoms with Crippen molar-refractivity contribution in [2.45, 2.75) is 26.7 Å². The SMILES string of the molecule is CCOc1ccccc1N1CCN(C(=O)CCCOc2ccc(C(C)=O)cc2)CC1. The van der Waals surface area contributed by atoms with E-state index in [1.54, 1.807) is 31.2 Å². The van der Waals surface area contributed by atoms with Gasteiger partial charge in [-0.15, -0.1) is 0 Å². The molecule has 0 spiro atoms. The Morgan fingerprint density at radius 3 is 2.30 bits per heavy atom. The third kappa shape index (κ3) is 5.75. The Hall–Kier alpha value is -3.02. The average molecular weight is 411 g/mol. The molecule has 160 valence electrons. The highest BCUT2D eigenvalue weighted by atomic mass is 16.5. The van der Waals surface area contributed by atoms with E-state index in [1.807, 2.05) is 30.0 Å². The van der Waals surface area contributed by atoms with Crippen LogP contribution in [0.4, 0.5) is 5.69 Å². The molecule has 1 amide bonds. The molecule has 0 saturated carbocycles. The molecule has 2 aromatic carbocycles. The summed E-state index contributed by atoms with van der Waals surface area (Å²) in [5, 5.41) is 0. The number of amides is 1. The second kappa shape index (κ2) is 10.7. The number of benzene rings is 2. The van der Waals surface area contributed by atoms with E-state index in [-0.39, 0.29) is 11.7 Å². The largest absolute Gasteiger partial charge is 0.494 e. The van der Waals surface area contributed by atoms with Gasteiger partial charge < -0.3 is 19.3 Å². The number of ketones is 1. The quantitative estimate of drug-likeness (QED) is 0.465. The fourth-order valence-electron chi connectivity index (χ4n) is 3.55. The van der Waals surface area contributed by atoms with Crippen LogP contribution in [-0.2, 0) is 4.79 Å². The van der Waals surface area contributed by atoms with Gasteiger partial charge in [-0.2, -0.15) is 0 Å². The molecule has 0 aliphatic carbocycles. The summed E-state index contributed by atoms with van der Waals surface area (Å²) in [6, 6.07) is 15.2. The lowest BCUT2D eigenvalue weighted by molar-refractivity contribution is -0.131. The molecule has 1 aliphatic rings. The van der Waals surface area contributed by atoms with E-state index in [2.05, 4.69) is 11.0 Å². The van der Waals surface area contributed by atoms with Crippen LogP contribution >= 0.6 is 0 Å². The number of hydrogen-bond donors (Lipinski definition) is 0. The number of ether oxygens (including phenoxy) is 2. The summed E-state index contributed by atoms with van der Waals surface area (Å²) in [5.41, 5.74) is 1.76. The first-order chi connectivity index (χ1) is 14.6. The average Bonchev–Trinajstić information content (AvgIpc) is 2.77. The van der Waals surface area contributed by atoms with E-state index in [1.165, 1.54) is 0 Å². The minimum absolute atomic E-state index is 0.0358. The summed E-state index contributed by atoms with van der Waals surface area (Å²) in [4.78, 5) is 28.0. The molecule has 0 N–H and O–H groups in total. The van der Waals surface area contributed by atoms with Gasteiger partial charge in [0, 0.05) is 38.2 Å². The third-order valence-electron chi connectivity index (χ3n) is 5.20. The zero-order valence-corrected chi connectivity index (χ0v) is 17.8. The fraction of sp³-hybridized carbons (Fsp3) is 0.417. The third-order valence-corrected chi connectivity index (χ3v) is 5.20. The molecule has 0 atom stereocenters. The molecule has 30 heavy (non-hydrogen) atoms. The van der Waals surface area contributed by atoms with Crippen LogP contribution in [0, 0.1) is 0 Å². The second-order valence-corrected chi connectivity index (χ2v) is 7.30. The van der Waals surface area contributed by atoms with Gasteiger partial charge in [0.25, 0.3) is 0 Å². The maximum atomic E-state index is 12.5. The number of Topliss-reactive ketones (excluding diaryl/α,β-unsaturated/α-hetero) is 1. The summed E-state index contributed by atoms with van der Waals surface area (Å²) in [7, 11) is 0. The molecule has 2 aromatic rings. The Morgan fingerprint density at radius 2 is 1.63 bits per heavy atom. The molecule has 1 saturated heterocycles. The Morgan fingerprint density at radius 1 is 0.933 bits per heavy atom. The van der Waals surface area contributed by atoms with Gasteiger partial charge in [0.2, 0.25) is 5.91 Å². The zero-order valence-electron chi connectivity index (χ0n) is 17.8. The van der Waals surface area contributed by atoms with E-state index in [4.69, 9.17) is 9.47 Å². The molecular weight excluding hydrogens is 380 g/mol. The number of rotatable bonds is 9. The molecule has 0 bridgehead atoms. The maximum absolute atomic E-state index is 12.5. The summed E-state index contributed by atoms with van der Waals surface area (Å²) in [5.74, 6) is 1.82. The molecule has 1 fully saturated rings. The molecule has 6 heteroatoms. The van der Waals surface area contributed by atoms with Gasteiger partial charge in [-0.05, 0) is 56.7 Å². The normalized spacial score (nSPS) is 13.8. The second-order valence-electron chi connectivity index (χ2n) is 7.30. The highest BCUT2D eigenvalue weighted by molar-refractivity contribution is 5.94. The van der Waals surface area contributed by atoms with E-state index < -0.39 is 0 Å². The number of nitrogens with zero attached hydrogens (tertiary/aromatic N) is 2. The molecule has 0 aromatic heterocycles. The van der Waals surface area contributed by atoms with Crippen molar-refractivity contribution in [1.82, 2.24) is 4.90 Å². The van der Waals surface area contributed by atoms with Gasteiger partial charge in [-0.25, -0.2) is 0 Å². The van der Waals surface area contributed by atoms with Gasteiger partial charge >= 0.3 is 0 Å². The Kier molecular flexibility index (Phi) is 7.71. The first-order valence-corrected chi connectivity index (χ1v) is 10.6. The van der Waals surface area contributed by atoms with Crippen LogP contribution in [0.1, 0.15) is 37.0 Å². The minimum atomic E-state index is 0.0358. The van der Waals surface area contributed by atoms with Crippen molar-refractivity contribution >= 4 is 17.4 Å². The van der Waals surface area contributed by atoms with Crippen molar-refractivity contribution in [2.24, 2.45) is 0 Å². The van der Waals surface area contributed by atoms with Crippen LogP contribution in [0.25, 0.3) is 0 Å². The topological polar surface area (TPSA) is 59.1 Å². The molecule has 6 nitrogen and oxygen atoms in total. The Labute approximate surface area is 178 Å². The monoisotopic (exact) mass is 410 g/mol. The maximum Gasteiger partial charge on any atom is 0.222 e. The van der Waals surface area contributed by atoms with Crippen molar-refractivity contribution in [3.63, 3.8) is 0 Å². The van der Waals surface area contributed by atoms with Crippen molar-refractivity contribution < 1.29 is 19.1 Å². The summed E-state index contributed by atoms with van der Waals surface area (Å²) < 4.78 is 11.4. The lowest BCUT2D eigenvalue weighted by Gasteiger charge is -2.36. The lowest BCUT2D eigenvalue weighted by atomic mass is 10.1. The summed E-state index contributed by atoms with van der Waals surface area (Å²) >= 11 is 0. The Balaban J connectivity index is 1.40. The first kappa shape index (κ1) is 21.7. The molecule has 1 heterocycles. The van der Waals surface area contributed by atoms with E-state index in [0.717, 1.165) is 24.5 Å². The van der Waals surface area contributed by atoms with Crippen LogP contribution in [0.3, 0.4) is 0 Å². The zero-order chi connectivity index (χ0) is 21.3. The van der Waals surface area contributed by atoms with Crippen LogP contribution in [0.15, 0.2) is 48.5 Å². The molecule has 0 radical (unpaired) electrons. The molecule has 3 rings (SSSR count). The van der Waals surface area contributed by atoms with Gasteiger partial charge in [-0.1, -0.05) is 12.1 Å². The number of anilines is 1. The van der Waals surface area contributed by atoms with Crippen molar-refractivity contribution in [3.05, 3.63) is 54.1 Å². The molecule has 1 aliphatic heterocycles. The van der Waals surface area contributed by atoms with Crippen molar-refractivity contribution in [1.29, 1.82) is 0 Å². The van der Waals surface area contributed by atoms with Crippen LogP contribution in [-0.4, -0.2) is 56.0 Å². The highest BCUT2D eigenvalue weighted by Gasteiger charge is 2.22. The van der Waals surface area contributed by atoms with Crippen molar-refractivity contribution in [3.8, 4) is 11.5 Å². The highest BCUT2D eigenvalue weighted by Crippen LogP contribution is 2.28. The standard InChI is InChI=1S/C24H30N2O4/c1-3-29-23-8-5-4-7-22(23)25-14-16-26(17-15-25)24(28)9-6-18-30-21-12-10-20(11-13-21)19(2)27/h4-5,7-8,10-13H,3,6,9,14-18H2,1-2H3. The van der Waals surface area contributed by atoms with Crippen molar-refractivity contribution in [2.75, 3.05) is 44.3 Å². The lowest BCUT2D eigenvalue weighted by Crippen LogP contribution is -2.48. The number of piperazine rings is 1. The van der Waals surface area contributed by atoms with E-state index >= 15 is 0 Å². The van der Waals surface area contributed by atoms with Gasteiger partial charge in [0.05, 0.1) is 18.9 Å².